The number of aromatic nitrogens is 1. The Bertz CT molecular complexity index is 2910. The van der Waals surface area contributed by atoms with E-state index in [-0.39, 0.29) is 34.3 Å². The van der Waals surface area contributed by atoms with Crippen LogP contribution >= 0.6 is 11.3 Å². The third kappa shape index (κ3) is 13.2. The molecule has 0 N–H and O–H groups in total. The van der Waals surface area contributed by atoms with Crippen molar-refractivity contribution in [3.63, 3.8) is 0 Å². The molecule has 374 valence electrons. The molecule has 5 aromatic carbocycles. The molecule has 0 spiro atoms. The van der Waals surface area contributed by atoms with Crippen LogP contribution in [0.5, 0.6) is 17.2 Å². The summed E-state index contributed by atoms with van der Waals surface area (Å²) in [5.74, 6) is -1.50. The summed E-state index contributed by atoms with van der Waals surface area (Å²) in [5, 5.41) is 8.77. The van der Waals surface area contributed by atoms with Crippen LogP contribution in [0, 0.1) is 24.2 Å². The van der Waals surface area contributed by atoms with Crippen molar-refractivity contribution in [2.45, 2.75) is 102 Å². The lowest BCUT2D eigenvalue weighted by Crippen LogP contribution is -2.24. The largest absolute Gasteiger partial charge is 0.493 e. The molecule has 0 amide bonds. The van der Waals surface area contributed by atoms with E-state index in [4.69, 9.17) is 45.1 Å². The molecule has 3 aliphatic rings. The zero-order valence-corrected chi connectivity index (χ0v) is 41.3. The number of ether oxygens (including phenoxy) is 6. The second kappa shape index (κ2) is 24.1. The van der Waals surface area contributed by atoms with Crippen LogP contribution in [-0.4, -0.2) is 80.3 Å². The van der Waals surface area contributed by atoms with Crippen molar-refractivity contribution in [1.82, 2.24) is 4.98 Å². The van der Waals surface area contributed by atoms with Crippen molar-refractivity contribution in [1.29, 1.82) is 0 Å². The summed E-state index contributed by atoms with van der Waals surface area (Å²) in [4.78, 5) is 48.9. The first-order valence-corrected chi connectivity index (χ1v) is 26.0. The zero-order chi connectivity index (χ0) is 49.8. The predicted octanol–water partition coefficient (Wildman–Crippen LogP) is 12.4. The number of epoxide rings is 1. The lowest BCUT2D eigenvalue weighted by atomic mass is 9.85. The van der Waals surface area contributed by atoms with Crippen LogP contribution in [-0.2, 0) is 14.2 Å². The Morgan fingerprint density at radius 3 is 2.33 bits per heavy atom. The van der Waals surface area contributed by atoms with Gasteiger partial charge in [0.15, 0.2) is 11.6 Å². The van der Waals surface area contributed by atoms with Crippen LogP contribution in [0.2, 0.25) is 0 Å². The fraction of sp³-hybridized carbons (Fsp3) is 0.404. The number of anilines is 1. The highest BCUT2D eigenvalue weighted by Crippen LogP contribution is 2.39. The minimum atomic E-state index is -0.945. The summed E-state index contributed by atoms with van der Waals surface area (Å²) in [6, 6.07) is 26.4. The molecule has 3 fully saturated rings. The van der Waals surface area contributed by atoms with E-state index in [1.165, 1.54) is 48.2 Å². The maximum absolute atomic E-state index is 15.7. The van der Waals surface area contributed by atoms with Gasteiger partial charge in [0.05, 0.1) is 51.9 Å². The maximum Gasteiger partial charge on any atom is 0.343 e. The smallest absolute Gasteiger partial charge is 0.343 e. The number of benzene rings is 5. The molecular formula is C57H59FN4O9S. The van der Waals surface area contributed by atoms with Crippen molar-refractivity contribution in [3.05, 3.63) is 137 Å². The third-order valence-electron chi connectivity index (χ3n) is 13.5. The molecule has 13 nitrogen and oxygen atoms in total. The van der Waals surface area contributed by atoms with Gasteiger partial charge in [0.1, 0.15) is 17.6 Å². The molecule has 0 bridgehead atoms. The highest BCUT2D eigenvalue weighted by molar-refractivity contribution is 7.22. The van der Waals surface area contributed by atoms with Gasteiger partial charge in [-0.1, -0.05) is 55.4 Å². The molecule has 0 radical (unpaired) electrons. The van der Waals surface area contributed by atoms with Crippen molar-refractivity contribution < 1.29 is 47.2 Å². The minimum absolute atomic E-state index is 0.0608. The van der Waals surface area contributed by atoms with Gasteiger partial charge >= 0.3 is 17.9 Å². The van der Waals surface area contributed by atoms with Gasteiger partial charge in [0.2, 0.25) is 11.7 Å². The quantitative estimate of drug-likeness (QED) is 0.0122. The van der Waals surface area contributed by atoms with E-state index in [0.717, 1.165) is 91.4 Å². The number of carbonyl (C=O) groups excluding carboxylic acids is 3. The Morgan fingerprint density at radius 1 is 0.806 bits per heavy atom. The summed E-state index contributed by atoms with van der Waals surface area (Å²) in [6.45, 7) is 12.1. The third-order valence-corrected chi connectivity index (χ3v) is 14.6. The van der Waals surface area contributed by atoms with Crippen molar-refractivity contribution in [3.8, 4) is 17.2 Å². The number of unbranched alkanes of at least 4 members (excludes halogenated alkanes) is 1. The Labute approximate surface area is 423 Å². The van der Waals surface area contributed by atoms with E-state index in [9.17, 15) is 14.4 Å². The first-order valence-electron chi connectivity index (χ1n) is 25.2. The maximum atomic E-state index is 15.7. The average Bonchev–Trinajstić information content (AvgIpc) is 4.05. The number of hydrogen-bond acceptors (Lipinski definition) is 13. The van der Waals surface area contributed by atoms with Gasteiger partial charge in [-0.05, 0) is 147 Å². The summed E-state index contributed by atoms with van der Waals surface area (Å²) in [6.07, 6.45) is 13.7. The van der Waals surface area contributed by atoms with E-state index in [1.54, 1.807) is 29.3 Å². The van der Waals surface area contributed by atoms with Gasteiger partial charge in [0, 0.05) is 38.2 Å². The Kier molecular flexibility index (Phi) is 16.8. The van der Waals surface area contributed by atoms with E-state index < -0.39 is 23.7 Å². The van der Waals surface area contributed by atoms with Crippen LogP contribution < -0.4 is 19.2 Å². The Hall–Kier alpha value is -6.73. The molecule has 2 heterocycles. The van der Waals surface area contributed by atoms with Gasteiger partial charge in [0.25, 0.3) is 0 Å². The van der Waals surface area contributed by atoms with E-state index in [2.05, 4.69) is 11.8 Å². The van der Waals surface area contributed by atoms with Crippen molar-refractivity contribution >= 4 is 61.6 Å². The summed E-state index contributed by atoms with van der Waals surface area (Å²) < 4.78 is 51.4. The normalized spacial score (nSPS) is 19.4. The first-order chi connectivity index (χ1) is 35.2. The van der Waals surface area contributed by atoms with Gasteiger partial charge in [-0.2, -0.15) is 5.10 Å². The molecule has 2 saturated carbocycles. The van der Waals surface area contributed by atoms with Gasteiger partial charge < -0.3 is 33.3 Å². The number of para-hydroxylation sites is 1. The van der Waals surface area contributed by atoms with Crippen LogP contribution in [0.1, 0.15) is 121 Å². The van der Waals surface area contributed by atoms with E-state index in [0.29, 0.717) is 79.6 Å². The fourth-order valence-electron chi connectivity index (χ4n) is 9.50. The SMILES string of the molecule is [C-]#[N+]CCCCN(/N=C/c1cc(C(=O)OC2CCC(CCC)CC2)ccc1OC(=O)c1ccc(OC(=O)c2ccc3cc(OCCCOCC4CCC5OC5C4)ccc3c2)c(F)c1)c1nc2ccccc2s1. The second-order valence-electron chi connectivity index (χ2n) is 18.8. The monoisotopic (exact) mass is 994 g/mol. The molecule has 9 rings (SSSR count). The summed E-state index contributed by atoms with van der Waals surface area (Å²) in [5.41, 5.74) is 1.43. The number of halogens is 1. The Morgan fingerprint density at radius 2 is 1.54 bits per heavy atom. The van der Waals surface area contributed by atoms with Gasteiger partial charge in [-0.15, -0.1) is 0 Å². The number of fused-ring (bicyclic) bond motifs is 3. The lowest BCUT2D eigenvalue weighted by molar-refractivity contribution is 0.0161. The van der Waals surface area contributed by atoms with Crippen LogP contribution in [0.3, 0.4) is 0 Å². The summed E-state index contributed by atoms with van der Waals surface area (Å²) in [7, 11) is 0. The standard InChI is InChI=1S/C57H59FN4O9S/c1-3-9-37-12-20-45(21-13-37)68-54(63)42-18-24-49(44(32-42)35-60-62(27-7-6-26-59-2)57-61-48-10-4-5-11-53(48)72-57)70-56(65)43-19-25-50(47(58)34-43)71-55(64)41-16-15-40-33-46(22-17-39(40)31-41)67-29-8-28-66-36-38-14-23-51-52(30-38)69-51/h4-5,10-11,15-19,22,24-25,31-35,37-38,45,51-52H,3,6-9,12-14,20-21,23,26-30,36H2,1H3/b60-35+. The number of nitrogens with zero attached hydrogens (tertiary/aromatic N) is 4. The number of carbonyl (C=O) groups is 3. The Balaban J connectivity index is 0.846. The number of thiazole rings is 1. The summed E-state index contributed by atoms with van der Waals surface area (Å²) >= 11 is 1.46. The molecule has 72 heavy (non-hydrogen) atoms. The average molecular weight is 995 g/mol. The number of rotatable bonds is 22. The molecular weight excluding hydrogens is 936 g/mol. The lowest BCUT2D eigenvalue weighted by Gasteiger charge is -2.28. The molecule has 3 atom stereocenters. The molecule has 3 unspecified atom stereocenters. The number of hydrogen-bond donors (Lipinski definition) is 0. The molecule has 2 aliphatic carbocycles. The first kappa shape index (κ1) is 50.2. The highest BCUT2D eigenvalue weighted by atomic mass is 32.1. The van der Waals surface area contributed by atoms with Crippen LogP contribution in [0.25, 0.3) is 25.8 Å². The van der Waals surface area contributed by atoms with Crippen LogP contribution in [0.4, 0.5) is 9.52 Å². The van der Waals surface area contributed by atoms with Crippen molar-refractivity contribution in [2.75, 3.05) is 37.9 Å². The molecule has 1 aromatic heterocycles. The van der Waals surface area contributed by atoms with Gasteiger partial charge in [-0.25, -0.2) is 35.3 Å². The fourth-order valence-corrected chi connectivity index (χ4v) is 10.5. The molecule has 1 aliphatic heterocycles. The van der Waals surface area contributed by atoms with Crippen molar-refractivity contribution in [2.24, 2.45) is 16.9 Å². The molecule has 15 heteroatoms. The second-order valence-corrected chi connectivity index (χ2v) is 19.8. The highest BCUT2D eigenvalue weighted by Gasteiger charge is 2.43. The van der Waals surface area contributed by atoms with E-state index >= 15 is 4.39 Å². The van der Waals surface area contributed by atoms with Crippen LogP contribution in [0.15, 0.2) is 102 Å². The number of hydrazone groups is 1. The zero-order valence-electron chi connectivity index (χ0n) is 40.5. The number of esters is 3. The van der Waals surface area contributed by atoms with Gasteiger partial charge in [-0.3, -0.25) is 0 Å². The van der Waals surface area contributed by atoms with E-state index in [1.807, 2.05) is 42.5 Å². The predicted molar refractivity (Wildman–Crippen MR) is 275 cm³/mol. The molecule has 1 saturated heterocycles. The molecule has 6 aromatic rings. The topological polar surface area (TPSA) is 143 Å². The minimum Gasteiger partial charge on any atom is -0.493 e.